The molecule has 0 N–H and O–H groups in total. The molecule has 0 aliphatic rings. The van der Waals surface area contributed by atoms with Crippen LogP contribution in [0.2, 0.25) is 0 Å². The lowest BCUT2D eigenvalue weighted by molar-refractivity contribution is 0.434. The monoisotopic (exact) mass is 229 g/mol. The molecule has 0 atom stereocenters. The highest BCUT2D eigenvalue weighted by molar-refractivity contribution is 5.63. The van der Waals surface area contributed by atoms with Crippen LogP contribution in [-0.2, 0) is 4.79 Å². The molecule has 5 heteroatoms. The summed E-state index contributed by atoms with van der Waals surface area (Å²) in [5.74, 6) is 0.802. The van der Waals surface area contributed by atoms with Gasteiger partial charge in [-0.25, -0.2) is 4.79 Å². The minimum atomic E-state index is 0.228. The van der Waals surface area contributed by atoms with Gasteiger partial charge in [0.15, 0.2) is 5.76 Å². The van der Waals surface area contributed by atoms with Crippen molar-refractivity contribution >= 4 is 17.6 Å². The van der Waals surface area contributed by atoms with Gasteiger partial charge < -0.3 is 9.42 Å². The minimum Gasteiger partial charge on any atom is -0.378 e. The van der Waals surface area contributed by atoms with Gasteiger partial charge in [-0.3, -0.25) is 0 Å². The maximum absolute atomic E-state index is 10.1. The lowest BCUT2D eigenvalue weighted by atomic mass is 10.1. The number of isocyanates is 1. The Morgan fingerprint density at radius 1 is 1.29 bits per heavy atom. The van der Waals surface area contributed by atoms with E-state index in [1.54, 1.807) is 6.07 Å². The van der Waals surface area contributed by atoms with E-state index in [2.05, 4.69) is 10.1 Å². The second-order valence-corrected chi connectivity index (χ2v) is 3.69. The molecule has 17 heavy (non-hydrogen) atoms. The molecule has 86 valence electrons. The predicted octanol–water partition coefficient (Wildman–Crippen LogP) is 2.37. The molecule has 1 heterocycles. The first-order chi connectivity index (χ1) is 8.20. The summed E-state index contributed by atoms with van der Waals surface area (Å²) in [7, 11) is 3.95. The van der Waals surface area contributed by atoms with Gasteiger partial charge >= 0.3 is 0 Å². The summed E-state index contributed by atoms with van der Waals surface area (Å²) in [6.07, 6.45) is 1.42. The summed E-state index contributed by atoms with van der Waals surface area (Å²) in [5, 5.41) is 3.63. The highest BCUT2D eigenvalue weighted by atomic mass is 16.5. The Labute approximate surface area is 98.4 Å². The smallest absolute Gasteiger partial charge is 0.242 e. The van der Waals surface area contributed by atoms with E-state index in [4.69, 9.17) is 4.52 Å². The maximum atomic E-state index is 10.1. The van der Waals surface area contributed by atoms with Crippen LogP contribution in [0.4, 0.5) is 11.5 Å². The largest absolute Gasteiger partial charge is 0.378 e. The quantitative estimate of drug-likeness (QED) is 0.599. The van der Waals surface area contributed by atoms with Gasteiger partial charge in [0.2, 0.25) is 11.9 Å². The molecule has 2 rings (SSSR count). The molecule has 0 amide bonds. The second kappa shape index (κ2) is 4.63. The molecule has 0 aliphatic carbocycles. The van der Waals surface area contributed by atoms with E-state index in [9.17, 15) is 4.79 Å². The van der Waals surface area contributed by atoms with Crippen LogP contribution >= 0.6 is 0 Å². The Balaban J connectivity index is 2.29. The van der Waals surface area contributed by atoms with Crippen LogP contribution in [0.3, 0.4) is 0 Å². The molecular formula is C12H11N3O2. The third-order valence-corrected chi connectivity index (χ3v) is 2.33. The summed E-state index contributed by atoms with van der Waals surface area (Å²) in [4.78, 5) is 15.4. The number of aromatic nitrogens is 1. The Bertz CT molecular complexity index is 551. The summed E-state index contributed by atoms with van der Waals surface area (Å²) < 4.78 is 5.07. The SMILES string of the molecule is CN(C)c1ccc(-c2cc(N=C=O)no2)cc1. The van der Waals surface area contributed by atoms with Crippen molar-refractivity contribution in [2.24, 2.45) is 4.99 Å². The number of carbonyl (C=O) groups excluding carboxylic acids is 1. The van der Waals surface area contributed by atoms with Gasteiger partial charge in [0.1, 0.15) is 0 Å². The molecule has 1 aromatic carbocycles. The van der Waals surface area contributed by atoms with Crippen LogP contribution in [0.15, 0.2) is 39.8 Å². The first-order valence-electron chi connectivity index (χ1n) is 5.03. The zero-order valence-electron chi connectivity index (χ0n) is 9.54. The number of hydrogen-bond donors (Lipinski definition) is 0. The Hall–Kier alpha value is -2.39. The first-order valence-corrected chi connectivity index (χ1v) is 5.03. The average molecular weight is 229 g/mol. The molecule has 0 spiro atoms. The normalized spacial score (nSPS) is 9.76. The fraction of sp³-hybridized carbons (Fsp3) is 0.167. The number of hydrogen-bond acceptors (Lipinski definition) is 5. The molecule has 5 nitrogen and oxygen atoms in total. The van der Waals surface area contributed by atoms with Gasteiger partial charge in [0, 0.05) is 31.4 Å². The molecular weight excluding hydrogens is 218 g/mol. The van der Waals surface area contributed by atoms with Crippen molar-refractivity contribution in [3.63, 3.8) is 0 Å². The lowest BCUT2D eigenvalue weighted by Gasteiger charge is -2.11. The van der Waals surface area contributed by atoms with Gasteiger partial charge in [-0.05, 0) is 24.3 Å². The van der Waals surface area contributed by atoms with Crippen molar-refractivity contribution in [1.82, 2.24) is 5.16 Å². The Morgan fingerprint density at radius 2 is 2.00 bits per heavy atom. The van der Waals surface area contributed by atoms with Gasteiger partial charge in [0.25, 0.3) is 0 Å². The van der Waals surface area contributed by atoms with Crippen molar-refractivity contribution in [2.45, 2.75) is 0 Å². The highest BCUT2D eigenvalue weighted by Crippen LogP contribution is 2.25. The number of rotatable bonds is 3. The van der Waals surface area contributed by atoms with E-state index in [1.165, 1.54) is 6.08 Å². The molecule has 2 aromatic rings. The fourth-order valence-corrected chi connectivity index (χ4v) is 1.43. The fourth-order valence-electron chi connectivity index (χ4n) is 1.43. The predicted molar refractivity (Wildman–Crippen MR) is 64.0 cm³/mol. The summed E-state index contributed by atoms with van der Waals surface area (Å²) in [6, 6.07) is 9.38. The molecule has 0 saturated carbocycles. The Morgan fingerprint density at radius 3 is 2.59 bits per heavy atom. The van der Waals surface area contributed by atoms with E-state index in [-0.39, 0.29) is 5.82 Å². The van der Waals surface area contributed by atoms with Gasteiger partial charge in [-0.15, -0.1) is 4.99 Å². The van der Waals surface area contributed by atoms with Gasteiger partial charge in [0.05, 0.1) is 0 Å². The van der Waals surface area contributed by atoms with Gasteiger partial charge in [-0.2, -0.15) is 0 Å². The Kier molecular flexibility index (Phi) is 3.03. The summed E-state index contributed by atoms with van der Waals surface area (Å²) >= 11 is 0. The average Bonchev–Trinajstić information content (AvgIpc) is 2.78. The molecule has 0 aliphatic heterocycles. The standard InChI is InChI=1S/C12H11N3O2/c1-15(2)10-5-3-9(4-6-10)11-7-12(13-8-16)14-17-11/h3-7H,1-2H3. The molecule has 0 unspecified atom stereocenters. The first kappa shape index (κ1) is 11.1. The van der Waals surface area contributed by atoms with Crippen LogP contribution in [0.25, 0.3) is 11.3 Å². The lowest BCUT2D eigenvalue weighted by Crippen LogP contribution is -2.07. The van der Waals surface area contributed by atoms with Crippen molar-refractivity contribution < 1.29 is 9.32 Å². The third-order valence-electron chi connectivity index (χ3n) is 2.33. The van der Waals surface area contributed by atoms with Crippen LogP contribution in [-0.4, -0.2) is 25.3 Å². The summed E-state index contributed by atoms with van der Waals surface area (Å²) in [6.45, 7) is 0. The molecule has 0 fully saturated rings. The molecule has 1 aromatic heterocycles. The zero-order chi connectivity index (χ0) is 12.3. The number of benzene rings is 1. The third kappa shape index (κ3) is 2.41. The highest BCUT2D eigenvalue weighted by Gasteiger charge is 2.06. The van der Waals surface area contributed by atoms with Crippen molar-refractivity contribution in [3.05, 3.63) is 30.3 Å². The molecule has 0 saturated heterocycles. The van der Waals surface area contributed by atoms with E-state index in [0.29, 0.717) is 5.76 Å². The number of anilines is 1. The topological polar surface area (TPSA) is 58.7 Å². The van der Waals surface area contributed by atoms with E-state index in [1.807, 2.05) is 43.3 Å². The molecule has 0 radical (unpaired) electrons. The summed E-state index contributed by atoms with van der Waals surface area (Å²) in [5.41, 5.74) is 1.98. The van der Waals surface area contributed by atoms with Crippen molar-refractivity contribution in [3.8, 4) is 11.3 Å². The van der Waals surface area contributed by atoms with E-state index in [0.717, 1.165) is 11.3 Å². The van der Waals surface area contributed by atoms with Crippen LogP contribution < -0.4 is 4.90 Å². The van der Waals surface area contributed by atoms with E-state index < -0.39 is 0 Å². The van der Waals surface area contributed by atoms with Crippen molar-refractivity contribution in [1.29, 1.82) is 0 Å². The van der Waals surface area contributed by atoms with Crippen LogP contribution in [0, 0.1) is 0 Å². The van der Waals surface area contributed by atoms with Crippen LogP contribution in [0.1, 0.15) is 0 Å². The molecule has 0 bridgehead atoms. The van der Waals surface area contributed by atoms with E-state index >= 15 is 0 Å². The van der Waals surface area contributed by atoms with Gasteiger partial charge in [-0.1, -0.05) is 5.16 Å². The van der Waals surface area contributed by atoms with Crippen LogP contribution in [0.5, 0.6) is 0 Å². The second-order valence-electron chi connectivity index (χ2n) is 3.69. The zero-order valence-corrected chi connectivity index (χ0v) is 9.54. The number of nitrogens with zero attached hydrogens (tertiary/aromatic N) is 3. The van der Waals surface area contributed by atoms with Crippen molar-refractivity contribution in [2.75, 3.05) is 19.0 Å². The minimum absolute atomic E-state index is 0.228. The maximum Gasteiger partial charge on any atom is 0.242 e. The number of aliphatic imine (C=N–C) groups is 1.